The smallest absolute Gasteiger partial charge is 0.414 e. The van der Waals surface area contributed by atoms with Crippen LogP contribution in [0.15, 0.2) is 64.9 Å². The van der Waals surface area contributed by atoms with Crippen LogP contribution in [0.1, 0.15) is 27.6 Å². The molecule has 2 aromatic carbocycles. The molecule has 12 heteroatoms. The van der Waals surface area contributed by atoms with Gasteiger partial charge in [0.15, 0.2) is 0 Å². The molecule has 3 N–H and O–H groups in total. The maximum absolute atomic E-state index is 12.9. The van der Waals surface area contributed by atoms with Gasteiger partial charge in [0.05, 0.1) is 28.3 Å². The molecule has 33 heavy (non-hydrogen) atoms. The summed E-state index contributed by atoms with van der Waals surface area (Å²) in [4.78, 5) is 36.7. The van der Waals surface area contributed by atoms with Crippen molar-refractivity contribution in [2.45, 2.75) is 11.8 Å². The molecule has 0 bridgehead atoms. The number of para-hydroxylation sites is 1. The van der Waals surface area contributed by atoms with Crippen molar-refractivity contribution in [3.05, 3.63) is 76.1 Å². The maximum atomic E-state index is 12.9. The summed E-state index contributed by atoms with van der Waals surface area (Å²) in [5.41, 5.74) is 0.125. The van der Waals surface area contributed by atoms with Gasteiger partial charge in [0.2, 0.25) is 0 Å². The number of hydrogen-bond donors (Lipinski definition) is 3. The number of sulfonamides is 1. The molecule has 3 amide bonds. The number of anilines is 2. The van der Waals surface area contributed by atoms with E-state index >= 15 is 0 Å². The molecule has 3 aromatic rings. The summed E-state index contributed by atoms with van der Waals surface area (Å²) in [6, 6.07) is 13.0. The van der Waals surface area contributed by atoms with E-state index in [1.165, 1.54) is 42.5 Å². The lowest BCUT2D eigenvalue weighted by atomic mass is 10.1. The summed E-state index contributed by atoms with van der Waals surface area (Å²) < 4.78 is 32.5. The van der Waals surface area contributed by atoms with E-state index in [9.17, 15) is 22.8 Å². The number of hydrogen-bond acceptors (Lipinski definition) is 7. The zero-order chi connectivity index (χ0) is 24.0. The standard InChI is InChI=1S/C21H18ClN3O6S2/c1-2-31-21(28)24-19(27)16-11-12-32-20(16)23-18(26)15-5-3-4-6-17(15)25-33(29,30)14-9-7-13(22)8-10-14/h3-12,25H,2H2,1H3,(H,23,26)(H,24,27,28). The highest BCUT2D eigenvalue weighted by Gasteiger charge is 2.21. The molecule has 0 aliphatic carbocycles. The van der Waals surface area contributed by atoms with Crippen LogP contribution < -0.4 is 15.4 Å². The lowest BCUT2D eigenvalue weighted by Crippen LogP contribution is -2.31. The van der Waals surface area contributed by atoms with Gasteiger partial charge in [-0.3, -0.25) is 19.6 Å². The Bertz CT molecular complexity index is 1290. The quantitative estimate of drug-likeness (QED) is 0.436. The fourth-order valence-corrected chi connectivity index (χ4v) is 4.66. The lowest BCUT2D eigenvalue weighted by Gasteiger charge is -2.13. The van der Waals surface area contributed by atoms with Crippen LogP contribution in [0.2, 0.25) is 5.02 Å². The fraction of sp³-hybridized carbons (Fsp3) is 0.0952. The zero-order valence-corrected chi connectivity index (χ0v) is 19.5. The van der Waals surface area contributed by atoms with Gasteiger partial charge in [-0.25, -0.2) is 13.2 Å². The number of benzene rings is 2. The molecule has 0 spiro atoms. The number of alkyl carbamates (subject to hydrolysis) is 1. The van der Waals surface area contributed by atoms with Crippen molar-refractivity contribution in [2.24, 2.45) is 0 Å². The predicted molar refractivity (Wildman–Crippen MR) is 125 cm³/mol. The van der Waals surface area contributed by atoms with Gasteiger partial charge in [-0.1, -0.05) is 23.7 Å². The second-order valence-corrected chi connectivity index (χ2v) is 9.43. The molecule has 1 heterocycles. The topological polar surface area (TPSA) is 131 Å². The molecule has 1 aromatic heterocycles. The second-order valence-electron chi connectivity index (χ2n) is 6.40. The van der Waals surface area contributed by atoms with E-state index in [0.717, 1.165) is 11.3 Å². The van der Waals surface area contributed by atoms with Crippen molar-refractivity contribution in [1.82, 2.24) is 5.32 Å². The van der Waals surface area contributed by atoms with Crippen LogP contribution in [-0.2, 0) is 14.8 Å². The number of thiophene rings is 1. The van der Waals surface area contributed by atoms with E-state index in [2.05, 4.69) is 20.1 Å². The first-order chi connectivity index (χ1) is 15.7. The van der Waals surface area contributed by atoms with E-state index < -0.39 is 27.9 Å². The van der Waals surface area contributed by atoms with Gasteiger partial charge < -0.3 is 10.1 Å². The number of amides is 3. The van der Waals surface area contributed by atoms with Crippen LogP contribution >= 0.6 is 22.9 Å². The Hall–Kier alpha value is -3.41. The Labute approximate surface area is 198 Å². The molecule has 0 saturated carbocycles. The molecule has 172 valence electrons. The predicted octanol–water partition coefficient (Wildman–Crippen LogP) is 4.34. The summed E-state index contributed by atoms with van der Waals surface area (Å²) in [6.45, 7) is 1.69. The molecule has 0 saturated heterocycles. The highest BCUT2D eigenvalue weighted by Crippen LogP contribution is 2.26. The zero-order valence-electron chi connectivity index (χ0n) is 17.1. The van der Waals surface area contributed by atoms with Crippen LogP contribution in [0.3, 0.4) is 0 Å². The number of carbonyl (C=O) groups is 3. The van der Waals surface area contributed by atoms with Gasteiger partial charge in [-0.05, 0) is 54.8 Å². The molecule has 0 unspecified atom stereocenters. The monoisotopic (exact) mass is 507 g/mol. The summed E-state index contributed by atoms with van der Waals surface area (Å²) in [7, 11) is -3.99. The van der Waals surface area contributed by atoms with Crippen LogP contribution in [0.4, 0.5) is 15.5 Å². The molecular weight excluding hydrogens is 490 g/mol. The van der Waals surface area contributed by atoms with E-state index in [1.807, 2.05) is 0 Å². The van der Waals surface area contributed by atoms with Gasteiger partial charge in [0.25, 0.3) is 21.8 Å². The third-order valence-electron chi connectivity index (χ3n) is 4.17. The molecule has 3 rings (SSSR count). The third-order valence-corrected chi connectivity index (χ3v) is 6.63. The normalized spacial score (nSPS) is 10.8. The first-order valence-corrected chi connectivity index (χ1v) is 12.2. The number of imide groups is 1. The van der Waals surface area contributed by atoms with Crippen molar-refractivity contribution in [3.63, 3.8) is 0 Å². The second kappa shape index (κ2) is 10.5. The maximum Gasteiger partial charge on any atom is 0.414 e. The fourth-order valence-electron chi connectivity index (χ4n) is 2.67. The van der Waals surface area contributed by atoms with Crippen molar-refractivity contribution < 1.29 is 27.5 Å². The minimum Gasteiger partial charge on any atom is -0.450 e. The van der Waals surface area contributed by atoms with Crippen LogP contribution in [0.5, 0.6) is 0 Å². The van der Waals surface area contributed by atoms with Gasteiger partial charge in [-0.2, -0.15) is 0 Å². The van der Waals surface area contributed by atoms with Crippen LogP contribution in [0.25, 0.3) is 0 Å². The van der Waals surface area contributed by atoms with Gasteiger partial charge >= 0.3 is 6.09 Å². The third kappa shape index (κ3) is 6.09. The van der Waals surface area contributed by atoms with Crippen LogP contribution in [-0.4, -0.2) is 32.9 Å². The summed E-state index contributed by atoms with van der Waals surface area (Å²) in [5, 5.41) is 6.76. The summed E-state index contributed by atoms with van der Waals surface area (Å²) in [6.07, 6.45) is -0.909. The van der Waals surface area contributed by atoms with E-state index in [4.69, 9.17) is 11.6 Å². The van der Waals surface area contributed by atoms with E-state index in [-0.39, 0.29) is 33.3 Å². The van der Waals surface area contributed by atoms with E-state index in [1.54, 1.807) is 24.4 Å². The summed E-state index contributed by atoms with van der Waals surface area (Å²) >= 11 is 6.88. The number of carbonyl (C=O) groups excluding carboxylic acids is 3. The minimum absolute atomic E-state index is 0.0280. The Morgan fingerprint density at radius 3 is 2.36 bits per heavy atom. The molecule has 0 aliphatic heterocycles. The van der Waals surface area contributed by atoms with Crippen molar-refractivity contribution in [2.75, 3.05) is 16.6 Å². The Balaban J connectivity index is 1.81. The lowest BCUT2D eigenvalue weighted by molar-refractivity contribution is 0.0926. The number of rotatable bonds is 7. The molecule has 0 radical (unpaired) electrons. The number of nitrogens with one attached hydrogen (secondary N) is 3. The Morgan fingerprint density at radius 1 is 0.970 bits per heavy atom. The molecule has 9 nitrogen and oxygen atoms in total. The molecule has 0 fully saturated rings. The Morgan fingerprint density at radius 2 is 1.67 bits per heavy atom. The SMILES string of the molecule is CCOC(=O)NC(=O)c1ccsc1NC(=O)c1ccccc1NS(=O)(=O)c1ccc(Cl)cc1. The number of ether oxygens (including phenoxy) is 1. The van der Waals surface area contributed by atoms with Crippen molar-refractivity contribution in [3.8, 4) is 0 Å². The average Bonchev–Trinajstić information content (AvgIpc) is 3.22. The first-order valence-electron chi connectivity index (χ1n) is 9.45. The van der Waals surface area contributed by atoms with E-state index in [0.29, 0.717) is 5.02 Å². The largest absolute Gasteiger partial charge is 0.450 e. The van der Waals surface area contributed by atoms with Crippen molar-refractivity contribution in [1.29, 1.82) is 0 Å². The highest BCUT2D eigenvalue weighted by molar-refractivity contribution is 7.92. The van der Waals surface area contributed by atoms with Crippen molar-refractivity contribution >= 4 is 61.6 Å². The Kier molecular flexibility index (Phi) is 7.69. The van der Waals surface area contributed by atoms with Gasteiger partial charge in [-0.15, -0.1) is 11.3 Å². The molecular formula is C21H18ClN3O6S2. The molecule has 0 aliphatic rings. The average molecular weight is 508 g/mol. The highest BCUT2D eigenvalue weighted by atomic mass is 35.5. The minimum atomic E-state index is -3.99. The van der Waals surface area contributed by atoms with Crippen LogP contribution in [0, 0.1) is 0 Å². The summed E-state index contributed by atoms with van der Waals surface area (Å²) in [5.74, 6) is -1.40. The molecule has 0 atom stereocenters. The van der Waals surface area contributed by atoms with Gasteiger partial charge in [0.1, 0.15) is 5.00 Å². The number of halogens is 1. The van der Waals surface area contributed by atoms with Gasteiger partial charge in [0, 0.05) is 5.02 Å². The first kappa shape index (κ1) is 24.2.